The standard InChI is InChI=1S/C11H10BrN2/c12-10-5-4-8-14(9-10)13-11-6-2-1-3-7-11/h1-9,13H/q+1. The third kappa shape index (κ3) is 2.33. The van der Waals surface area contributed by atoms with Crippen molar-refractivity contribution in [1.82, 2.24) is 0 Å². The van der Waals surface area contributed by atoms with Gasteiger partial charge in [0.2, 0.25) is 6.20 Å². The van der Waals surface area contributed by atoms with Crippen LogP contribution >= 0.6 is 15.9 Å². The summed E-state index contributed by atoms with van der Waals surface area (Å²) in [5, 5.41) is 0. The topological polar surface area (TPSA) is 15.9 Å². The Balaban J connectivity index is 2.19. The van der Waals surface area contributed by atoms with Gasteiger partial charge in [0.05, 0.1) is 10.2 Å². The summed E-state index contributed by atoms with van der Waals surface area (Å²) in [6, 6.07) is 14.0. The molecule has 70 valence electrons. The van der Waals surface area contributed by atoms with Gasteiger partial charge in [0, 0.05) is 6.07 Å². The first-order valence-corrected chi connectivity index (χ1v) is 5.13. The minimum atomic E-state index is 1.04. The molecule has 0 saturated heterocycles. The minimum Gasteiger partial charge on any atom is -0.161 e. The number of nitrogens with one attached hydrogen (secondary N) is 1. The Morgan fingerprint density at radius 1 is 1.00 bits per heavy atom. The molecule has 14 heavy (non-hydrogen) atoms. The Morgan fingerprint density at radius 2 is 1.79 bits per heavy atom. The largest absolute Gasteiger partial charge is 0.213 e. The van der Waals surface area contributed by atoms with E-state index in [1.54, 1.807) is 0 Å². The van der Waals surface area contributed by atoms with Gasteiger partial charge in [-0.15, -0.1) is 0 Å². The molecule has 2 rings (SSSR count). The van der Waals surface area contributed by atoms with Crippen LogP contribution in [0, 0.1) is 0 Å². The highest BCUT2D eigenvalue weighted by molar-refractivity contribution is 9.10. The molecule has 0 saturated carbocycles. The number of hydrogen-bond acceptors (Lipinski definition) is 1. The Kier molecular flexibility index (Phi) is 2.79. The van der Waals surface area contributed by atoms with E-state index in [0.29, 0.717) is 0 Å². The van der Waals surface area contributed by atoms with Crippen LogP contribution in [0.5, 0.6) is 0 Å². The van der Waals surface area contributed by atoms with Gasteiger partial charge in [0.15, 0.2) is 6.20 Å². The highest BCUT2D eigenvalue weighted by Crippen LogP contribution is 2.05. The quantitative estimate of drug-likeness (QED) is 0.810. The van der Waals surface area contributed by atoms with E-state index in [-0.39, 0.29) is 0 Å². The van der Waals surface area contributed by atoms with Gasteiger partial charge in [0.1, 0.15) is 0 Å². The van der Waals surface area contributed by atoms with Gasteiger partial charge in [-0.3, -0.25) is 0 Å². The zero-order valence-corrected chi connectivity index (χ0v) is 9.11. The van der Waals surface area contributed by atoms with E-state index < -0.39 is 0 Å². The normalized spacial score (nSPS) is 9.79. The third-order valence-electron chi connectivity index (χ3n) is 1.80. The second kappa shape index (κ2) is 4.24. The first kappa shape index (κ1) is 9.21. The fourth-order valence-electron chi connectivity index (χ4n) is 1.18. The molecule has 1 heterocycles. The van der Waals surface area contributed by atoms with Gasteiger partial charge in [-0.1, -0.05) is 22.9 Å². The van der Waals surface area contributed by atoms with Crippen molar-refractivity contribution in [2.45, 2.75) is 0 Å². The first-order chi connectivity index (χ1) is 6.84. The lowest BCUT2D eigenvalue weighted by Crippen LogP contribution is -2.41. The van der Waals surface area contributed by atoms with Crippen LogP contribution in [0.1, 0.15) is 0 Å². The monoisotopic (exact) mass is 249 g/mol. The maximum absolute atomic E-state index is 3.41. The molecular formula is C11H10BrN2+. The Labute approximate surface area is 91.3 Å². The van der Waals surface area contributed by atoms with Crippen molar-refractivity contribution in [3.8, 4) is 0 Å². The molecule has 0 amide bonds. The summed E-state index contributed by atoms with van der Waals surface area (Å²) in [5.41, 5.74) is 4.30. The van der Waals surface area contributed by atoms with Crippen molar-refractivity contribution in [3.05, 3.63) is 59.3 Å². The van der Waals surface area contributed by atoms with Gasteiger partial charge >= 0.3 is 0 Å². The molecule has 1 aromatic carbocycles. The predicted octanol–water partition coefficient (Wildman–Crippen LogP) is 2.61. The second-order valence-electron chi connectivity index (χ2n) is 2.91. The maximum Gasteiger partial charge on any atom is 0.213 e. The molecule has 1 N–H and O–H groups in total. The van der Waals surface area contributed by atoms with Gasteiger partial charge in [0.25, 0.3) is 0 Å². The molecule has 0 atom stereocenters. The number of anilines is 1. The van der Waals surface area contributed by atoms with Crippen LogP contribution < -0.4 is 10.1 Å². The van der Waals surface area contributed by atoms with Crippen molar-refractivity contribution >= 4 is 21.6 Å². The van der Waals surface area contributed by atoms with E-state index in [4.69, 9.17) is 0 Å². The number of halogens is 1. The Hall–Kier alpha value is -1.35. The van der Waals surface area contributed by atoms with Crippen molar-refractivity contribution in [3.63, 3.8) is 0 Å². The number of benzene rings is 1. The lowest BCUT2D eigenvalue weighted by atomic mass is 10.3. The van der Waals surface area contributed by atoms with E-state index in [0.717, 1.165) is 10.2 Å². The average Bonchev–Trinajstić information content (AvgIpc) is 2.19. The van der Waals surface area contributed by atoms with Crippen molar-refractivity contribution in [2.75, 3.05) is 5.43 Å². The summed E-state index contributed by atoms with van der Waals surface area (Å²) in [7, 11) is 0. The SMILES string of the molecule is Brc1ccc[n+](Nc2ccccc2)c1. The third-order valence-corrected chi connectivity index (χ3v) is 2.27. The molecule has 0 bridgehead atoms. The summed E-state index contributed by atoms with van der Waals surface area (Å²) >= 11 is 3.41. The summed E-state index contributed by atoms with van der Waals surface area (Å²) < 4.78 is 2.95. The Morgan fingerprint density at radius 3 is 2.50 bits per heavy atom. The highest BCUT2D eigenvalue weighted by atomic mass is 79.9. The molecule has 0 radical (unpaired) electrons. The lowest BCUT2D eigenvalue weighted by molar-refractivity contribution is -0.643. The minimum absolute atomic E-state index is 1.04. The molecule has 0 aliphatic rings. The number of pyridine rings is 1. The molecule has 0 fully saturated rings. The van der Waals surface area contributed by atoms with E-state index in [2.05, 4.69) is 21.4 Å². The molecule has 1 aromatic heterocycles. The zero-order chi connectivity index (χ0) is 9.80. The summed E-state index contributed by atoms with van der Waals surface area (Å²) in [4.78, 5) is 0. The molecule has 2 nitrogen and oxygen atoms in total. The maximum atomic E-state index is 3.41. The summed E-state index contributed by atoms with van der Waals surface area (Å²) in [6.07, 6.45) is 3.92. The first-order valence-electron chi connectivity index (χ1n) is 4.33. The van der Waals surface area contributed by atoms with Gasteiger partial charge in [-0.05, 0) is 34.1 Å². The number of nitrogens with zero attached hydrogens (tertiary/aromatic N) is 1. The van der Waals surface area contributed by atoms with Crippen LogP contribution in [0.15, 0.2) is 59.3 Å². The number of rotatable bonds is 2. The second-order valence-corrected chi connectivity index (χ2v) is 3.82. The Bertz CT molecular complexity index is 415. The smallest absolute Gasteiger partial charge is 0.161 e. The van der Waals surface area contributed by atoms with Crippen LogP contribution in [0.4, 0.5) is 5.69 Å². The average molecular weight is 250 g/mol. The van der Waals surface area contributed by atoms with Crippen molar-refractivity contribution in [1.29, 1.82) is 0 Å². The van der Waals surface area contributed by atoms with Gasteiger partial charge in [-0.2, -0.15) is 5.43 Å². The number of hydrogen-bond donors (Lipinski definition) is 1. The van der Waals surface area contributed by atoms with E-state index >= 15 is 0 Å². The lowest BCUT2D eigenvalue weighted by Gasteiger charge is -1.99. The van der Waals surface area contributed by atoms with Gasteiger partial charge in [-0.25, -0.2) is 0 Å². The van der Waals surface area contributed by atoms with E-state index in [1.165, 1.54) is 0 Å². The van der Waals surface area contributed by atoms with Crippen molar-refractivity contribution in [2.24, 2.45) is 0 Å². The fraction of sp³-hybridized carbons (Fsp3) is 0. The van der Waals surface area contributed by atoms with Crippen molar-refractivity contribution < 1.29 is 4.68 Å². The van der Waals surface area contributed by atoms with Crippen LogP contribution in [0.25, 0.3) is 0 Å². The molecule has 2 aromatic rings. The van der Waals surface area contributed by atoms with Crippen LogP contribution in [-0.4, -0.2) is 0 Å². The predicted molar refractivity (Wildman–Crippen MR) is 59.8 cm³/mol. The number of aromatic nitrogens is 1. The molecule has 0 aliphatic heterocycles. The molecule has 0 unspecified atom stereocenters. The molecule has 0 spiro atoms. The fourth-order valence-corrected chi connectivity index (χ4v) is 1.55. The zero-order valence-electron chi connectivity index (χ0n) is 7.52. The molecule has 0 aliphatic carbocycles. The van der Waals surface area contributed by atoms with Crippen LogP contribution in [0.2, 0.25) is 0 Å². The molecule has 3 heteroatoms. The van der Waals surface area contributed by atoms with E-state index in [1.807, 2.05) is 59.5 Å². The van der Waals surface area contributed by atoms with E-state index in [9.17, 15) is 0 Å². The summed E-state index contributed by atoms with van der Waals surface area (Å²) in [6.45, 7) is 0. The summed E-state index contributed by atoms with van der Waals surface area (Å²) in [5.74, 6) is 0. The van der Waals surface area contributed by atoms with Crippen LogP contribution in [0.3, 0.4) is 0 Å². The van der Waals surface area contributed by atoms with Gasteiger partial charge < -0.3 is 0 Å². The molecular weight excluding hydrogens is 240 g/mol. The van der Waals surface area contributed by atoms with Crippen LogP contribution in [-0.2, 0) is 0 Å². The highest BCUT2D eigenvalue weighted by Gasteiger charge is 2.00. The number of para-hydroxylation sites is 1.